The lowest BCUT2D eigenvalue weighted by Crippen LogP contribution is -2.19. The van der Waals surface area contributed by atoms with E-state index in [1.165, 1.54) is 7.11 Å². The van der Waals surface area contributed by atoms with Gasteiger partial charge in [-0.2, -0.15) is 0 Å². The Balaban J connectivity index is 2.80. The third-order valence-electron chi connectivity index (χ3n) is 2.40. The van der Waals surface area contributed by atoms with Crippen molar-refractivity contribution in [2.24, 2.45) is 0 Å². The van der Waals surface area contributed by atoms with Crippen LogP contribution in [0.25, 0.3) is 0 Å². The van der Waals surface area contributed by atoms with Gasteiger partial charge in [0.05, 0.1) is 6.61 Å². The first-order chi connectivity index (χ1) is 9.08. The number of benzene rings is 1. The van der Waals surface area contributed by atoms with Crippen LogP contribution < -0.4 is 10.6 Å². The molecule has 2 N–H and O–H groups in total. The number of ether oxygens (including phenoxy) is 2. The maximum absolute atomic E-state index is 11.5. The SMILES string of the molecule is CCOC(=O)Nc1cccc(NC(=O)COC)c1C. The van der Waals surface area contributed by atoms with E-state index in [0.717, 1.165) is 5.56 Å². The van der Waals surface area contributed by atoms with Crippen LogP contribution in [0, 0.1) is 6.92 Å². The van der Waals surface area contributed by atoms with E-state index >= 15 is 0 Å². The Labute approximate surface area is 112 Å². The molecule has 1 aromatic rings. The molecule has 19 heavy (non-hydrogen) atoms. The Hall–Kier alpha value is -2.08. The van der Waals surface area contributed by atoms with Crippen molar-refractivity contribution in [2.75, 3.05) is 31.0 Å². The summed E-state index contributed by atoms with van der Waals surface area (Å²) in [5.74, 6) is -0.251. The van der Waals surface area contributed by atoms with E-state index in [1.807, 2.05) is 0 Å². The Morgan fingerprint density at radius 2 is 1.84 bits per heavy atom. The van der Waals surface area contributed by atoms with E-state index in [0.29, 0.717) is 18.0 Å². The number of hydrogen-bond donors (Lipinski definition) is 2. The first-order valence-electron chi connectivity index (χ1n) is 5.90. The topological polar surface area (TPSA) is 76.7 Å². The molecule has 6 heteroatoms. The number of hydrogen-bond acceptors (Lipinski definition) is 4. The van der Waals surface area contributed by atoms with Crippen molar-refractivity contribution in [3.05, 3.63) is 23.8 Å². The zero-order valence-corrected chi connectivity index (χ0v) is 11.3. The number of nitrogens with one attached hydrogen (secondary N) is 2. The molecular weight excluding hydrogens is 248 g/mol. The highest BCUT2D eigenvalue weighted by Crippen LogP contribution is 2.23. The molecule has 104 valence electrons. The number of methoxy groups -OCH3 is 1. The van der Waals surface area contributed by atoms with E-state index in [4.69, 9.17) is 9.47 Å². The van der Waals surface area contributed by atoms with Crippen LogP contribution in [0.4, 0.5) is 16.2 Å². The molecule has 0 fully saturated rings. The summed E-state index contributed by atoms with van der Waals surface area (Å²) in [6.45, 7) is 3.81. The Morgan fingerprint density at radius 1 is 1.21 bits per heavy atom. The lowest BCUT2D eigenvalue weighted by Gasteiger charge is -2.13. The van der Waals surface area contributed by atoms with Gasteiger partial charge in [0.25, 0.3) is 0 Å². The molecule has 0 saturated carbocycles. The normalized spacial score (nSPS) is 9.84. The molecule has 0 aliphatic carbocycles. The van der Waals surface area contributed by atoms with E-state index in [9.17, 15) is 9.59 Å². The number of carbonyl (C=O) groups excluding carboxylic acids is 2. The van der Waals surface area contributed by atoms with E-state index in [2.05, 4.69) is 10.6 Å². The van der Waals surface area contributed by atoms with Crippen LogP contribution in [-0.4, -0.2) is 32.3 Å². The third kappa shape index (κ3) is 4.59. The van der Waals surface area contributed by atoms with Crippen LogP contribution in [0.15, 0.2) is 18.2 Å². The van der Waals surface area contributed by atoms with Crippen molar-refractivity contribution < 1.29 is 19.1 Å². The largest absolute Gasteiger partial charge is 0.450 e. The Kier molecular flexibility index (Phi) is 5.81. The van der Waals surface area contributed by atoms with Crippen molar-refractivity contribution >= 4 is 23.4 Å². The molecule has 1 rings (SSSR count). The van der Waals surface area contributed by atoms with Crippen LogP contribution in [0.5, 0.6) is 0 Å². The highest BCUT2D eigenvalue weighted by molar-refractivity contribution is 5.94. The highest BCUT2D eigenvalue weighted by Gasteiger charge is 2.09. The fourth-order valence-electron chi connectivity index (χ4n) is 1.50. The predicted molar refractivity (Wildman–Crippen MR) is 72.3 cm³/mol. The molecule has 0 saturated heterocycles. The molecule has 0 atom stereocenters. The van der Waals surface area contributed by atoms with Gasteiger partial charge in [0.15, 0.2) is 0 Å². The van der Waals surface area contributed by atoms with Crippen molar-refractivity contribution in [3.8, 4) is 0 Å². The second kappa shape index (κ2) is 7.38. The van der Waals surface area contributed by atoms with Gasteiger partial charge in [0.1, 0.15) is 6.61 Å². The molecule has 0 heterocycles. The highest BCUT2D eigenvalue weighted by atomic mass is 16.5. The number of anilines is 2. The minimum absolute atomic E-state index is 0.0189. The molecule has 0 unspecified atom stereocenters. The fourth-order valence-corrected chi connectivity index (χ4v) is 1.50. The van der Waals surface area contributed by atoms with Gasteiger partial charge in [-0.1, -0.05) is 6.07 Å². The monoisotopic (exact) mass is 266 g/mol. The van der Waals surface area contributed by atoms with E-state index in [1.54, 1.807) is 32.0 Å². The minimum Gasteiger partial charge on any atom is -0.450 e. The van der Waals surface area contributed by atoms with Gasteiger partial charge in [-0.25, -0.2) is 4.79 Å². The molecule has 2 amide bonds. The van der Waals surface area contributed by atoms with Crippen LogP contribution in [0.2, 0.25) is 0 Å². The Bertz CT molecular complexity index is 422. The molecule has 0 spiro atoms. The maximum atomic E-state index is 11.5. The van der Waals surface area contributed by atoms with Crippen molar-refractivity contribution in [2.45, 2.75) is 13.8 Å². The van der Waals surface area contributed by atoms with Gasteiger partial charge in [-0.3, -0.25) is 10.1 Å². The molecule has 0 bridgehead atoms. The van der Waals surface area contributed by atoms with Gasteiger partial charge >= 0.3 is 6.09 Å². The molecule has 0 aliphatic heterocycles. The van der Waals surface area contributed by atoms with Gasteiger partial charge in [-0.15, -0.1) is 0 Å². The quantitative estimate of drug-likeness (QED) is 0.856. The molecule has 6 nitrogen and oxygen atoms in total. The van der Waals surface area contributed by atoms with Crippen LogP contribution in [0.3, 0.4) is 0 Å². The van der Waals surface area contributed by atoms with Crippen LogP contribution >= 0.6 is 0 Å². The zero-order chi connectivity index (χ0) is 14.3. The lowest BCUT2D eigenvalue weighted by atomic mass is 10.1. The summed E-state index contributed by atoms with van der Waals surface area (Å²) in [7, 11) is 1.45. The van der Waals surface area contributed by atoms with Crippen LogP contribution in [0.1, 0.15) is 12.5 Å². The standard InChI is InChI=1S/C13H18N2O4/c1-4-19-13(17)15-11-7-5-6-10(9(11)2)14-12(16)8-18-3/h5-7H,4,8H2,1-3H3,(H,14,16)(H,15,17). The van der Waals surface area contributed by atoms with Gasteiger partial charge < -0.3 is 14.8 Å². The third-order valence-corrected chi connectivity index (χ3v) is 2.40. The first-order valence-corrected chi connectivity index (χ1v) is 5.90. The van der Waals surface area contributed by atoms with Crippen molar-refractivity contribution in [3.63, 3.8) is 0 Å². The average molecular weight is 266 g/mol. The second-order valence-electron chi connectivity index (χ2n) is 3.80. The van der Waals surface area contributed by atoms with E-state index in [-0.39, 0.29) is 12.5 Å². The minimum atomic E-state index is -0.522. The average Bonchev–Trinajstić information content (AvgIpc) is 2.35. The number of amides is 2. The predicted octanol–water partition coefficient (Wildman–Crippen LogP) is 2.15. The summed E-state index contributed by atoms with van der Waals surface area (Å²) < 4.78 is 9.54. The fraction of sp³-hybridized carbons (Fsp3) is 0.385. The van der Waals surface area contributed by atoms with Gasteiger partial charge in [-0.05, 0) is 31.5 Å². The second-order valence-corrected chi connectivity index (χ2v) is 3.80. The number of rotatable bonds is 5. The lowest BCUT2D eigenvalue weighted by molar-refractivity contribution is -0.119. The summed E-state index contributed by atoms with van der Waals surface area (Å²) in [6.07, 6.45) is -0.522. The van der Waals surface area contributed by atoms with Crippen LogP contribution in [-0.2, 0) is 14.3 Å². The van der Waals surface area contributed by atoms with Crippen molar-refractivity contribution in [1.29, 1.82) is 0 Å². The molecular formula is C13H18N2O4. The molecule has 1 aromatic carbocycles. The summed E-state index contributed by atoms with van der Waals surface area (Å²) in [4.78, 5) is 22.8. The Morgan fingerprint density at radius 3 is 2.42 bits per heavy atom. The molecule has 0 aliphatic rings. The van der Waals surface area contributed by atoms with Crippen molar-refractivity contribution in [1.82, 2.24) is 0 Å². The summed E-state index contributed by atoms with van der Waals surface area (Å²) in [6, 6.07) is 5.22. The maximum Gasteiger partial charge on any atom is 0.411 e. The molecule has 0 radical (unpaired) electrons. The number of carbonyl (C=O) groups is 2. The summed E-state index contributed by atoms with van der Waals surface area (Å²) in [5.41, 5.74) is 1.96. The zero-order valence-electron chi connectivity index (χ0n) is 11.3. The van der Waals surface area contributed by atoms with Gasteiger partial charge in [0, 0.05) is 18.5 Å². The first kappa shape index (κ1) is 15.0. The summed E-state index contributed by atoms with van der Waals surface area (Å²) >= 11 is 0. The summed E-state index contributed by atoms with van der Waals surface area (Å²) in [5, 5.41) is 5.31. The molecule has 0 aromatic heterocycles. The van der Waals surface area contributed by atoms with Gasteiger partial charge in [0.2, 0.25) is 5.91 Å². The van der Waals surface area contributed by atoms with E-state index < -0.39 is 6.09 Å². The smallest absolute Gasteiger partial charge is 0.411 e.